The van der Waals surface area contributed by atoms with E-state index >= 15 is 0 Å². The Bertz CT molecular complexity index is 689. The highest BCUT2D eigenvalue weighted by Gasteiger charge is 2.60. The maximum Gasteiger partial charge on any atom is 0.319 e. The van der Waals surface area contributed by atoms with Gasteiger partial charge in [-0.3, -0.25) is 0 Å². The molecule has 0 aliphatic heterocycles. The van der Waals surface area contributed by atoms with Gasteiger partial charge in [-0.05, 0) is 73.5 Å². The lowest BCUT2D eigenvalue weighted by atomic mass is 9.43. The smallest absolute Gasteiger partial charge is 0.319 e. The van der Waals surface area contributed by atoms with E-state index in [9.17, 15) is 9.18 Å². The number of hydrogen-bond acceptors (Lipinski definition) is 1. The Morgan fingerprint density at radius 2 is 1.83 bits per heavy atom. The molecule has 4 bridgehead atoms. The number of rotatable bonds is 2. The minimum atomic E-state index is -0.524. The first-order chi connectivity index (χ1) is 11.2. The van der Waals surface area contributed by atoms with Gasteiger partial charge in [0.15, 0.2) is 0 Å². The Labute approximate surface area is 147 Å². The number of urea groups is 1. The van der Waals surface area contributed by atoms with Gasteiger partial charge in [0.1, 0.15) is 5.82 Å². The molecule has 5 heteroatoms. The van der Waals surface area contributed by atoms with Crippen molar-refractivity contribution in [3.63, 3.8) is 0 Å². The van der Waals surface area contributed by atoms with Gasteiger partial charge in [-0.15, -0.1) is 0 Å². The number of carbonyl (C=O) groups excluding carboxylic acids is 1. The Morgan fingerprint density at radius 1 is 1.17 bits per heavy atom. The van der Waals surface area contributed by atoms with Gasteiger partial charge in [-0.25, -0.2) is 9.18 Å². The first-order valence-electron chi connectivity index (χ1n) is 8.73. The summed E-state index contributed by atoms with van der Waals surface area (Å²) in [5.41, 5.74) is 0.996. The molecule has 2 N–H and O–H groups in total. The third-order valence-corrected chi connectivity index (χ3v) is 6.49. The van der Waals surface area contributed by atoms with Gasteiger partial charge in [0.05, 0.1) is 5.02 Å². The van der Waals surface area contributed by atoms with Crippen molar-refractivity contribution < 1.29 is 9.18 Å². The molecule has 0 saturated heterocycles. The Balaban J connectivity index is 1.50. The summed E-state index contributed by atoms with van der Waals surface area (Å²) in [7, 11) is 0. The number of halogens is 2. The molecule has 5 rings (SSSR count). The SMILES string of the molecule is CC12CC3CC(C)(C1)CC(NC(=O)Nc1ccc(Cl)c(F)c1)(C3)C2. The molecular weight excluding hydrogens is 327 g/mol. The van der Waals surface area contributed by atoms with Crippen LogP contribution in [0.5, 0.6) is 0 Å². The van der Waals surface area contributed by atoms with Crippen molar-refractivity contribution >= 4 is 23.3 Å². The zero-order valence-corrected chi connectivity index (χ0v) is 15.0. The molecule has 4 saturated carbocycles. The fourth-order valence-corrected chi connectivity index (χ4v) is 6.68. The van der Waals surface area contributed by atoms with Crippen molar-refractivity contribution in [2.75, 3.05) is 5.32 Å². The van der Waals surface area contributed by atoms with Crippen molar-refractivity contribution in [1.29, 1.82) is 0 Å². The largest absolute Gasteiger partial charge is 0.332 e. The Morgan fingerprint density at radius 3 is 2.42 bits per heavy atom. The van der Waals surface area contributed by atoms with Gasteiger partial charge >= 0.3 is 6.03 Å². The fourth-order valence-electron chi connectivity index (χ4n) is 6.56. The summed E-state index contributed by atoms with van der Waals surface area (Å²) >= 11 is 5.69. The standard InChI is InChI=1S/C19H24ClFN2O/c1-17-6-12-7-18(2,9-17)11-19(8-12,10-17)23-16(24)22-13-3-4-14(20)15(21)5-13/h3-5,12H,6-11H2,1-2H3,(H2,22,23,24). The van der Waals surface area contributed by atoms with Crippen molar-refractivity contribution in [3.05, 3.63) is 29.0 Å². The summed E-state index contributed by atoms with van der Waals surface area (Å²) < 4.78 is 13.5. The highest BCUT2D eigenvalue weighted by atomic mass is 35.5. The van der Waals surface area contributed by atoms with Crippen molar-refractivity contribution in [2.24, 2.45) is 16.7 Å². The zero-order chi connectivity index (χ0) is 17.2. The lowest BCUT2D eigenvalue weighted by molar-refractivity contribution is -0.113. The van der Waals surface area contributed by atoms with Crippen molar-refractivity contribution in [1.82, 2.24) is 5.32 Å². The van der Waals surface area contributed by atoms with E-state index in [4.69, 9.17) is 11.6 Å². The molecule has 2 atom stereocenters. The van der Waals surface area contributed by atoms with Gasteiger partial charge in [-0.2, -0.15) is 0 Å². The first-order valence-corrected chi connectivity index (χ1v) is 9.10. The topological polar surface area (TPSA) is 41.1 Å². The van der Waals surface area contributed by atoms with Crippen LogP contribution in [0, 0.1) is 22.6 Å². The summed E-state index contributed by atoms with van der Waals surface area (Å²) in [6, 6.07) is 4.09. The summed E-state index contributed by atoms with van der Waals surface area (Å²) in [5.74, 6) is 0.189. The van der Waals surface area contributed by atoms with Crippen LogP contribution < -0.4 is 10.6 Å². The van der Waals surface area contributed by atoms with Gasteiger partial charge < -0.3 is 10.6 Å². The van der Waals surface area contributed by atoms with Crippen LogP contribution in [-0.4, -0.2) is 11.6 Å². The molecule has 130 valence electrons. The van der Waals surface area contributed by atoms with Gasteiger partial charge in [0.25, 0.3) is 0 Å². The van der Waals surface area contributed by atoms with E-state index in [0.29, 0.717) is 22.4 Å². The molecule has 0 heterocycles. The third-order valence-electron chi connectivity index (χ3n) is 6.18. The van der Waals surface area contributed by atoms with E-state index in [1.165, 1.54) is 31.4 Å². The lowest BCUT2D eigenvalue weighted by Gasteiger charge is -2.65. The number of amides is 2. The molecule has 4 aliphatic carbocycles. The normalized spacial score (nSPS) is 39.8. The molecule has 4 aliphatic rings. The molecule has 4 fully saturated rings. The molecule has 2 amide bonds. The predicted molar refractivity (Wildman–Crippen MR) is 93.7 cm³/mol. The number of benzene rings is 1. The van der Waals surface area contributed by atoms with Crippen LogP contribution in [0.25, 0.3) is 0 Å². The van der Waals surface area contributed by atoms with Crippen molar-refractivity contribution in [2.45, 2.75) is 57.9 Å². The van der Waals surface area contributed by atoms with E-state index in [-0.39, 0.29) is 16.6 Å². The van der Waals surface area contributed by atoms with Crippen LogP contribution in [-0.2, 0) is 0 Å². The van der Waals surface area contributed by atoms with Crippen LogP contribution in [0.2, 0.25) is 5.02 Å². The maximum atomic E-state index is 13.5. The minimum Gasteiger partial charge on any atom is -0.332 e. The number of anilines is 1. The van der Waals surface area contributed by atoms with E-state index in [0.717, 1.165) is 19.3 Å². The van der Waals surface area contributed by atoms with Crippen LogP contribution in [0.4, 0.5) is 14.9 Å². The molecule has 0 spiro atoms. The quantitative estimate of drug-likeness (QED) is 0.741. The average molecular weight is 351 g/mol. The lowest BCUT2D eigenvalue weighted by Crippen LogP contribution is -2.65. The second-order valence-electron chi connectivity index (χ2n) is 9.12. The average Bonchev–Trinajstić information content (AvgIpc) is 2.37. The van der Waals surface area contributed by atoms with Gasteiger partial charge in [0.2, 0.25) is 0 Å². The highest BCUT2D eigenvalue weighted by Crippen LogP contribution is 2.66. The number of carbonyl (C=O) groups is 1. The van der Waals surface area contributed by atoms with Gasteiger partial charge in [0, 0.05) is 11.2 Å². The Kier molecular flexibility index (Phi) is 3.44. The molecule has 0 radical (unpaired) electrons. The summed E-state index contributed by atoms with van der Waals surface area (Å²) in [4.78, 5) is 12.5. The van der Waals surface area contributed by atoms with Gasteiger partial charge in [-0.1, -0.05) is 25.4 Å². The zero-order valence-electron chi connectivity index (χ0n) is 14.2. The summed E-state index contributed by atoms with van der Waals surface area (Å²) in [6.45, 7) is 4.75. The van der Waals surface area contributed by atoms with E-state index in [1.807, 2.05) is 0 Å². The second-order valence-corrected chi connectivity index (χ2v) is 9.53. The predicted octanol–water partition coefficient (Wildman–Crippen LogP) is 5.35. The second kappa shape index (κ2) is 5.10. The Hall–Kier alpha value is -1.29. The molecule has 3 nitrogen and oxygen atoms in total. The highest BCUT2D eigenvalue weighted by molar-refractivity contribution is 6.30. The number of hydrogen-bond donors (Lipinski definition) is 2. The van der Waals surface area contributed by atoms with Crippen LogP contribution in [0.15, 0.2) is 18.2 Å². The van der Waals surface area contributed by atoms with E-state index in [1.54, 1.807) is 6.07 Å². The molecule has 1 aromatic rings. The first kappa shape index (κ1) is 16.2. The molecular formula is C19H24ClFN2O. The van der Waals surface area contributed by atoms with Crippen LogP contribution >= 0.6 is 11.6 Å². The maximum absolute atomic E-state index is 13.5. The molecule has 0 aromatic heterocycles. The molecule has 2 unspecified atom stereocenters. The minimum absolute atomic E-state index is 0.0582. The molecule has 24 heavy (non-hydrogen) atoms. The molecule has 1 aromatic carbocycles. The number of nitrogens with one attached hydrogen (secondary N) is 2. The summed E-state index contributed by atoms with van der Waals surface area (Å²) in [6.07, 6.45) is 7.01. The van der Waals surface area contributed by atoms with Crippen LogP contribution in [0.3, 0.4) is 0 Å². The monoisotopic (exact) mass is 350 g/mol. The third kappa shape index (κ3) is 2.79. The van der Waals surface area contributed by atoms with E-state index in [2.05, 4.69) is 24.5 Å². The van der Waals surface area contributed by atoms with Crippen LogP contribution in [0.1, 0.15) is 52.4 Å². The fraction of sp³-hybridized carbons (Fsp3) is 0.632. The summed E-state index contributed by atoms with van der Waals surface area (Å²) in [5, 5.41) is 6.07. The van der Waals surface area contributed by atoms with E-state index < -0.39 is 5.82 Å². The van der Waals surface area contributed by atoms with Crippen molar-refractivity contribution in [3.8, 4) is 0 Å².